The second kappa shape index (κ2) is 34.2. The number of amides is 1. The maximum absolute atomic E-state index is 12.8. The Morgan fingerprint density at radius 1 is 0.649 bits per heavy atom. The number of carbonyl (C=O) groups is 3. The molecule has 1 atom stereocenters. The summed E-state index contributed by atoms with van der Waals surface area (Å²) in [6.07, 6.45) is 23.0. The Labute approximate surface area is 347 Å². The summed E-state index contributed by atoms with van der Waals surface area (Å²) in [7, 11) is 0. The fourth-order valence-corrected chi connectivity index (χ4v) is 7.15. The van der Waals surface area contributed by atoms with Gasteiger partial charge in [0.1, 0.15) is 19.3 Å². The highest BCUT2D eigenvalue weighted by Crippen LogP contribution is 2.18. The van der Waals surface area contributed by atoms with Crippen molar-refractivity contribution in [3.05, 3.63) is 41.8 Å². The van der Waals surface area contributed by atoms with Gasteiger partial charge in [0, 0.05) is 39.1 Å². The number of benzene rings is 1. The van der Waals surface area contributed by atoms with Crippen molar-refractivity contribution in [1.29, 1.82) is 0 Å². The number of unbranched alkanes of at least 4 members (excludes halogenated alkanes) is 14. The molecule has 1 N–H and O–H groups in total. The molecule has 1 fully saturated rings. The molecule has 0 saturated carbocycles. The van der Waals surface area contributed by atoms with Crippen LogP contribution >= 0.6 is 0 Å². The zero-order chi connectivity index (χ0) is 41.2. The fraction of sp³-hybridized carbons (Fsp3) is 0.787. The molecule has 1 aliphatic heterocycles. The highest BCUT2D eigenvalue weighted by Gasteiger charge is 2.19. The summed E-state index contributed by atoms with van der Waals surface area (Å²) < 4.78 is 29.2. The van der Waals surface area contributed by atoms with E-state index in [1.54, 1.807) is 0 Å². The number of hydrogen-bond donors (Lipinski definition) is 1. The van der Waals surface area contributed by atoms with Crippen LogP contribution < -0.4 is 5.32 Å². The molecule has 1 heterocycles. The molecule has 1 unspecified atom stereocenters. The predicted molar refractivity (Wildman–Crippen MR) is 229 cm³/mol. The van der Waals surface area contributed by atoms with Gasteiger partial charge in [0.25, 0.3) is 0 Å². The number of ether oxygens (including phenoxy) is 5. The largest absolute Gasteiger partial charge is 0.461 e. The Bertz CT molecular complexity index is 1160. The van der Waals surface area contributed by atoms with Crippen LogP contribution in [0.3, 0.4) is 0 Å². The van der Waals surface area contributed by atoms with Gasteiger partial charge in [-0.05, 0) is 87.7 Å². The van der Waals surface area contributed by atoms with Crippen molar-refractivity contribution in [1.82, 2.24) is 10.2 Å². The topological polar surface area (TPSA) is 113 Å². The van der Waals surface area contributed by atoms with Crippen LogP contribution in [0.2, 0.25) is 0 Å². The van der Waals surface area contributed by atoms with Crippen molar-refractivity contribution in [3.8, 4) is 0 Å². The molecule has 0 spiro atoms. The summed E-state index contributed by atoms with van der Waals surface area (Å²) in [5.74, 6) is -0.658. The minimum absolute atomic E-state index is 0.0796. The van der Waals surface area contributed by atoms with Crippen LogP contribution in [0, 0.1) is 6.92 Å². The van der Waals surface area contributed by atoms with Gasteiger partial charge in [0.2, 0.25) is 0 Å². The van der Waals surface area contributed by atoms with Crippen molar-refractivity contribution in [2.45, 2.75) is 200 Å². The number of hydrogen-bond acceptors (Lipinski definition) is 9. The summed E-state index contributed by atoms with van der Waals surface area (Å²) in [6, 6.07) is 5.60. The first-order valence-corrected chi connectivity index (χ1v) is 23.0. The van der Waals surface area contributed by atoms with E-state index < -0.39 is 12.4 Å². The van der Waals surface area contributed by atoms with Crippen LogP contribution in [0.1, 0.15) is 192 Å². The zero-order valence-corrected chi connectivity index (χ0v) is 36.4. The number of nitrogens with one attached hydrogen (secondary N) is 1. The Kier molecular flexibility index (Phi) is 30.3. The van der Waals surface area contributed by atoms with Crippen molar-refractivity contribution < 1.29 is 38.1 Å². The van der Waals surface area contributed by atoms with Crippen molar-refractivity contribution >= 4 is 18.0 Å². The first-order chi connectivity index (χ1) is 27.8. The first kappa shape index (κ1) is 50.5. The maximum Gasteiger partial charge on any atom is 0.407 e. The number of esters is 2. The quantitative estimate of drug-likeness (QED) is 0.0307. The van der Waals surface area contributed by atoms with Crippen molar-refractivity contribution in [2.24, 2.45) is 0 Å². The standard InChI is InChI=1S/C47H81N2O8/c1-5-8-11-14-17-22-33-53-46(54-34-23-18-15-12-9-6-2)28-27-45(51)56-39-42-36-40(4)35-41(37-42)38-55-44(50)26-25-43(24-19-16-13-10-7-3)57-47(52)48-29-32-49-30-20-21-31-49/h35-37,43,46H,4-34,38-39H2,1-3H3,(H,48,52). The molecule has 1 aromatic carbocycles. The average Bonchev–Trinajstić information content (AvgIpc) is 3.72. The smallest absolute Gasteiger partial charge is 0.407 e. The summed E-state index contributed by atoms with van der Waals surface area (Å²) in [6.45, 7) is 15.7. The molecule has 1 amide bonds. The lowest BCUT2D eigenvalue weighted by Gasteiger charge is -2.19. The van der Waals surface area contributed by atoms with Crippen LogP contribution in [0.4, 0.5) is 4.79 Å². The number of alkyl carbamates (subject to hydrolysis) is 1. The van der Waals surface area contributed by atoms with Gasteiger partial charge in [-0.3, -0.25) is 9.59 Å². The Hall–Kier alpha value is -2.69. The molecule has 0 aliphatic carbocycles. The fourth-order valence-electron chi connectivity index (χ4n) is 7.15. The van der Waals surface area contributed by atoms with Crippen molar-refractivity contribution in [2.75, 3.05) is 39.4 Å². The lowest BCUT2D eigenvalue weighted by atomic mass is 10.0. The molecule has 2 rings (SSSR count). The minimum Gasteiger partial charge on any atom is -0.461 e. The third kappa shape index (κ3) is 27.6. The van der Waals surface area contributed by atoms with Crippen LogP contribution in [0.15, 0.2) is 18.2 Å². The molecule has 1 aromatic rings. The second-order valence-corrected chi connectivity index (χ2v) is 16.0. The molecular weight excluding hydrogens is 721 g/mol. The normalized spacial score (nSPS) is 13.6. The highest BCUT2D eigenvalue weighted by molar-refractivity contribution is 5.70. The first-order valence-electron chi connectivity index (χ1n) is 23.0. The summed E-state index contributed by atoms with van der Waals surface area (Å²) in [4.78, 5) is 40.6. The Balaban J connectivity index is 1.78. The summed E-state index contributed by atoms with van der Waals surface area (Å²) in [5.41, 5.74) is 2.30. The average molecular weight is 802 g/mol. The van der Waals surface area contributed by atoms with Gasteiger partial charge in [-0.15, -0.1) is 0 Å². The van der Waals surface area contributed by atoms with Gasteiger partial charge in [-0.2, -0.15) is 0 Å². The molecule has 0 aromatic heterocycles. The molecule has 1 aliphatic rings. The Morgan fingerprint density at radius 3 is 1.68 bits per heavy atom. The lowest BCUT2D eigenvalue weighted by molar-refractivity contribution is -0.160. The van der Waals surface area contributed by atoms with Crippen LogP contribution in [0.5, 0.6) is 0 Å². The van der Waals surface area contributed by atoms with Gasteiger partial charge in [-0.1, -0.05) is 123 Å². The number of nitrogens with zero attached hydrogens (tertiary/aromatic N) is 1. The predicted octanol–water partition coefficient (Wildman–Crippen LogP) is 11.1. The van der Waals surface area contributed by atoms with E-state index in [1.807, 2.05) is 18.2 Å². The van der Waals surface area contributed by atoms with Gasteiger partial charge >= 0.3 is 18.0 Å². The number of rotatable bonds is 36. The van der Waals surface area contributed by atoms with E-state index in [4.69, 9.17) is 23.7 Å². The van der Waals surface area contributed by atoms with Crippen LogP contribution in [0.25, 0.3) is 0 Å². The lowest BCUT2D eigenvalue weighted by Crippen LogP contribution is -2.35. The van der Waals surface area contributed by atoms with Gasteiger partial charge < -0.3 is 33.9 Å². The molecule has 1 saturated heterocycles. The molecular formula is C47H81N2O8. The molecule has 57 heavy (non-hydrogen) atoms. The minimum atomic E-state index is -0.421. The molecule has 327 valence electrons. The second-order valence-electron chi connectivity index (χ2n) is 16.0. The van der Waals surface area contributed by atoms with E-state index in [-0.39, 0.29) is 44.1 Å². The van der Waals surface area contributed by atoms with E-state index >= 15 is 0 Å². The zero-order valence-electron chi connectivity index (χ0n) is 36.4. The van der Waals surface area contributed by atoms with E-state index in [0.29, 0.717) is 32.6 Å². The molecule has 10 nitrogen and oxygen atoms in total. The van der Waals surface area contributed by atoms with E-state index in [2.05, 4.69) is 37.9 Å². The third-order valence-corrected chi connectivity index (χ3v) is 10.6. The van der Waals surface area contributed by atoms with Gasteiger partial charge in [-0.25, -0.2) is 4.79 Å². The number of likely N-dealkylation sites (tertiary alicyclic amines) is 1. The SMILES string of the molecule is [CH2]c1cc(COC(=O)CCC(CCCCCCC)OC(=O)NCCN2CCCC2)cc(COC(=O)CCC(OCCCCCCCC)OCCCCCCCC)c1. The maximum atomic E-state index is 12.8. The third-order valence-electron chi connectivity index (χ3n) is 10.6. The van der Waals surface area contributed by atoms with Gasteiger partial charge in [0.15, 0.2) is 6.29 Å². The molecule has 10 heteroatoms. The Morgan fingerprint density at radius 2 is 1.14 bits per heavy atom. The summed E-state index contributed by atoms with van der Waals surface area (Å²) >= 11 is 0. The van der Waals surface area contributed by atoms with E-state index in [9.17, 15) is 14.4 Å². The highest BCUT2D eigenvalue weighted by atomic mass is 16.7. The monoisotopic (exact) mass is 802 g/mol. The molecule has 0 bridgehead atoms. The van der Waals surface area contributed by atoms with Gasteiger partial charge in [0.05, 0.1) is 6.42 Å². The van der Waals surface area contributed by atoms with E-state index in [1.165, 1.54) is 77.0 Å². The summed E-state index contributed by atoms with van der Waals surface area (Å²) in [5, 5.41) is 2.89. The van der Waals surface area contributed by atoms with Crippen molar-refractivity contribution in [3.63, 3.8) is 0 Å². The van der Waals surface area contributed by atoms with E-state index in [0.717, 1.165) is 87.7 Å². The molecule has 1 radical (unpaired) electrons. The van der Waals surface area contributed by atoms with Crippen LogP contribution in [-0.2, 0) is 46.5 Å². The van der Waals surface area contributed by atoms with Crippen LogP contribution in [-0.4, -0.2) is 74.7 Å². The number of carbonyl (C=O) groups excluding carboxylic acids is 3.